The maximum atomic E-state index is 15.7. The molecule has 5 nitrogen and oxygen atoms in total. The molecule has 2 saturated heterocycles. The molecule has 0 radical (unpaired) electrons. The molecule has 0 spiro atoms. The Bertz CT molecular complexity index is 1480. The van der Waals surface area contributed by atoms with E-state index in [2.05, 4.69) is 15.9 Å². The van der Waals surface area contributed by atoms with Crippen molar-refractivity contribution in [2.45, 2.75) is 69.4 Å². The van der Waals surface area contributed by atoms with Crippen LogP contribution in [0.4, 0.5) is 14.7 Å². The average Bonchev–Trinajstić information content (AvgIpc) is 3.37. The van der Waals surface area contributed by atoms with Crippen LogP contribution in [0, 0.1) is 31.1 Å². The number of anilines is 1. The molecule has 3 aromatic rings. The molecular formula is C33H36F2N4O. The standard InChI is InChI=1S/C33H36F2N4O/c1-20-14-21(2)37-30(36-20)39-18-23-17-31-11-10-27(39)29(23)32(31)12-13-38(19-33(34,35)24-6-4-3-5-7-24)28(31)15-22-8-9-25(40)16-26(22)32/h3-9,14,16,23,27-29,40H,10-13,15,17-19H2,1-2H3/t23-,27?,28?,29?,31?,32?/m1/s1. The highest BCUT2D eigenvalue weighted by atomic mass is 19.3. The fourth-order valence-electron chi connectivity index (χ4n) is 10.4. The van der Waals surface area contributed by atoms with Gasteiger partial charge in [0.2, 0.25) is 5.95 Å². The molecule has 40 heavy (non-hydrogen) atoms. The van der Waals surface area contributed by atoms with Crippen LogP contribution < -0.4 is 4.90 Å². The number of phenolic OH excluding ortho intramolecular Hbond substituents is 1. The first-order chi connectivity index (χ1) is 19.2. The van der Waals surface area contributed by atoms with E-state index in [1.165, 1.54) is 11.1 Å². The Morgan fingerprint density at radius 1 is 1.02 bits per heavy atom. The van der Waals surface area contributed by atoms with Crippen molar-refractivity contribution in [3.63, 3.8) is 0 Å². The quantitative estimate of drug-likeness (QED) is 0.454. The molecule has 3 aliphatic carbocycles. The lowest BCUT2D eigenvalue weighted by Crippen LogP contribution is -2.70. The summed E-state index contributed by atoms with van der Waals surface area (Å²) in [6, 6.07) is 16.6. The third-order valence-electron chi connectivity index (χ3n) is 11.4. The minimum atomic E-state index is -2.91. The highest BCUT2D eigenvalue weighted by molar-refractivity contribution is 5.53. The van der Waals surface area contributed by atoms with Crippen molar-refractivity contribution >= 4 is 5.95 Å². The van der Waals surface area contributed by atoms with Crippen LogP contribution in [-0.4, -0.2) is 51.7 Å². The van der Waals surface area contributed by atoms with Crippen LogP contribution in [0.1, 0.15) is 53.8 Å². The van der Waals surface area contributed by atoms with Crippen LogP contribution in [0.25, 0.3) is 0 Å². The van der Waals surface area contributed by atoms with Gasteiger partial charge < -0.3 is 10.0 Å². The van der Waals surface area contributed by atoms with Crippen molar-refractivity contribution in [3.8, 4) is 5.75 Å². The molecule has 6 atom stereocenters. The highest BCUT2D eigenvalue weighted by Gasteiger charge is 2.76. The molecule has 5 aliphatic rings. The first-order valence-electron chi connectivity index (χ1n) is 14.8. The van der Waals surface area contributed by atoms with Gasteiger partial charge in [-0.25, -0.2) is 9.97 Å². The Balaban J connectivity index is 1.23. The molecule has 2 aromatic carbocycles. The second-order valence-corrected chi connectivity index (χ2v) is 13.2. The lowest BCUT2D eigenvalue weighted by Gasteiger charge is -2.66. The van der Waals surface area contributed by atoms with Gasteiger partial charge in [0.15, 0.2) is 0 Å². The Hall–Kier alpha value is -3.06. The van der Waals surface area contributed by atoms with E-state index in [1.807, 2.05) is 26.0 Å². The molecular weight excluding hydrogens is 506 g/mol. The monoisotopic (exact) mass is 542 g/mol. The van der Waals surface area contributed by atoms with Gasteiger partial charge in [-0.3, -0.25) is 4.90 Å². The summed E-state index contributed by atoms with van der Waals surface area (Å²) in [6.45, 7) is 5.40. The molecule has 2 saturated carbocycles. The predicted octanol–water partition coefficient (Wildman–Crippen LogP) is 5.76. The minimum Gasteiger partial charge on any atom is -0.508 e. The number of hydrogen-bond donors (Lipinski definition) is 1. The normalized spacial score (nSPS) is 34.0. The van der Waals surface area contributed by atoms with Gasteiger partial charge in [-0.2, -0.15) is 8.78 Å². The zero-order valence-corrected chi connectivity index (χ0v) is 23.2. The Morgan fingerprint density at radius 2 is 1.80 bits per heavy atom. The van der Waals surface area contributed by atoms with Gasteiger partial charge in [-0.05, 0) is 99.1 Å². The number of aromatic nitrogens is 2. The van der Waals surface area contributed by atoms with Gasteiger partial charge in [0, 0.05) is 41.0 Å². The average molecular weight is 543 g/mol. The summed E-state index contributed by atoms with van der Waals surface area (Å²) in [5.41, 5.74) is 4.42. The van der Waals surface area contributed by atoms with E-state index in [-0.39, 0.29) is 29.0 Å². The summed E-state index contributed by atoms with van der Waals surface area (Å²) < 4.78 is 31.5. The second-order valence-electron chi connectivity index (χ2n) is 13.2. The molecule has 0 amide bonds. The number of hydrogen-bond acceptors (Lipinski definition) is 5. The van der Waals surface area contributed by atoms with E-state index in [0.29, 0.717) is 30.2 Å². The summed E-state index contributed by atoms with van der Waals surface area (Å²) in [6.07, 6.45) is 4.72. The van der Waals surface area contributed by atoms with E-state index in [0.717, 1.165) is 56.0 Å². The summed E-state index contributed by atoms with van der Waals surface area (Å²) in [5.74, 6) is -0.889. The number of phenols is 1. The number of halogens is 2. The number of likely N-dealkylation sites (tertiary alicyclic amines) is 1. The van der Waals surface area contributed by atoms with Crippen molar-refractivity contribution in [2.24, 2.45) is 17.3 Å². The molecule has 2 aliphatic heterocycles. The largest absolute Gasteiger partial charge is 0.508 e. The number of aromatic hydroxyl groups is 1. The number of aryl methyl sites for hydroxylation is 2. The fourth-order valence-corrected chi connectivity index (χ4v) is 10.4. The number of fused-ring (bicyclic) bond motifs is 1. The number of nitrogens with zero attached hydrogens (tertiary/aromatic N) is 4. The Morgan fingerprint density at radius 3 is 2.58 bits per heavy atom. The van der Waals surface area contributed by atoms with E-state index in [9.17, 15) is 5.11 Å². The third-order valence-corrected chi connectivity index (χ3v) is 11.4. The lowest BCUT2D eigenvalue weighted by atomic mass is 9.43. The Labute approximate surface area is 234 Å². The molecule has 4 fully saturated rings. The minimum absolute atomic E-state index is 0.0554. The first-order valence-corrected chi connectivity index (χ1v) is 14.8. The number of alkyl halides is 2. The fraction of sp³-hybridized carbons (Fsp3) is 0.515. The number of piperidine rings is 1. The van der Waals surface area contributed by atoms with Crippen LogP contribution >= 0.6 is 0 Å². The lowest BCUT2D eigenvalue weighted by molar-refractivity contribution is -0.127. The highest BCUT2D eigenvalue weighted by Crippen LogP contribution is 2.75. The van der Waals surface area contributed by atoms with Gasteiger partial charge in [-0.1, -0.05) is 36.4 Å². The van der Waals surface area contributed by atoms with Crippen molar-refractivity contribution in [1.29, 1.82) is 0 Å². The van der Waals surface area contributed by atoms with Crippen LogP contribution in [0.2, 0.25) is 0 Å². The summed E-state index contributed by atoms with van der Waals surface area (Å²) >= 11 is 0. The molecule has 4 bridgehead atoms. The van der Waals surface area contributed by atoms with E-state index in [1.54, 1.807) is 36.4 Å². The van der Waals surface area contributed by atoms with E-state index >= 15 is 8.78 Å². The van der Waals surface area contributed by atoms with Crippen LogP contribution in [-0.2, 0) is 17.8 Å². The maximum Gasteiger partial charge on any atom is 0.285 e. The number of rotatable bonds is 4. The van der Waals surface area contributed by atoms with Gasteiger partial charge in [0.1, 0.15) is 5.75 Å². The van der Waals surface area contributed by atoms with Crippen LogP contribution in [0.5, 0.6) is 5.75 Å². The molecule has 5 unspecified atom stereocenters. The van der Waals surface area contributed by atoms with Crippen molar-refractivity contribution < 1.29 is 13.9 Å². The molecule has 208 valence electrons. The van der Waals surface area contributed by atoms with Gasteiger partial charge >= 0.3 is 0 Å². The van der Waals surface area contributed by atoms with Crippen molar-refractivity contribution in [1.82, 2.24) is 14.9 Å². The molecule has 8 rings (SSSR count). The molecule has 7 heteroatoms. The van der Waals surface area contributed by atoms with Crippen LogP contribution in [0.3, 0.4) is 0 Å². The molecule has 1 aromatic heterocycles. The van der Waals surface area contributed by atoms with E-state index < -0.39 is 5.92 Å². The maximum absolute atomic E-state index is 15.7. The van der Waals surface area contributed by atoms with E-state index in [4.69, 9.17) is 9.97 Å². The molecule has 3 heterocycles. The van der Waals surface area contributed by atoms with Gasteiger partial charge in [0.25, 0.3) is 5.92 Å². The Kier molecular flexibility index (Phi) is 5.10. The first kappa shape index (κ1) is 24.7. The zero-order chi connectivity index (χ0) is 27.4. The molecule has 1 N–H and O–H groups in total. The van der Waals surface area contributed by atoms with Crippen molar-refractivity contribution in [2.75, 3.05) is 24.5 Å². The van der Waals surface area contributed by atoms with Gasteiger partial charge in [0.05, 0.1) is 6.54 Å². The smallest absolute Gasteiger partial charge is 0.285 e. The van der Waals surface area contributed by atoms with Gasteiger partial charge in [-0.15, -0.1) is 0 Å². The third kappa shape index (κ3) is 3.16. The summed E-state index contributed by atoms with van der Waals surface area (Å²) in [4.78, 5) is 14.3. The topological polar surface area (TPSA) is 52.5 Å². The SMILES string of the molecule is Cc1cc(C)nc(N2C[C@H]3CC45CCC2C3C42CCN(CC(F)(F)c3ccccc3)C5Cc3ccc(O)cc32)n1. The second kappa shape index (κ2) is 8.25. The summed E-state index contributed by atoms with van der Waals surface area (Å²) in [7, 11) is 0. The van der Waals surface area contributed by atoms with Crippen molar-refractivity contribution in [3.05, 3.63) is 82.7 Å². The number of benzene rings is 2. The summed E-state index contributed by atoms with van der Waals surface area (Å²) in [5, 5.41) is 10.7. The zero-order valence-electron chi connectivity index (χ0n) is 23.2. The predicted molar refractivity (Wildman–Crippen MR) is 150 cm³/mol. The van der Waals surface area contributed by atoms with Crippen LogP contribution in [0.15, 0.2) is 54.6 Å².